The van der Waals surface area contributed by atoms with Crippen LogP contribution in [-0.4, -0.2) is 14.3 Å². The van der Waals surface area contributed by atoms with Gasteiger partial charge in [-0.05, 0) is 61.1 Å². The van der Waals surface area contributed by atoms with Crippen LogP contribution in [0.3, 0.4) is 0 Å². The van der Waals surface area contributed by atoms with Gasteiger partial charge in [0.2, 0.25) is 10.0 Å². The van der Waals surface area contributed by atoms with E-state index in [1.807, 2.05) is 19.1 Å². The molecule has 0 heterocycles. The van der Waals surface area contributed by atoms with E-state index in [1.54, 1.807) is 12.1 Å². The summed E-state index contributed by atoms with van der Waals surface area (Å²) in [5, 5.41) is 8.06. The molecule has 1 atom stereocenters. The highest BCUT2D eigenvalue weighted by molar-refractivity contribution is 7.89. The average molecular weight is 387 g/mol. The van der Waals surface area contributed by atoms with Gasteiger partial charge in [0.1, 0.15) is 0 Å². The number of sulfonamides is 1. The molecule has 144 valence electrons. The molecule has 0 bridgehead atoms. The summed E-state index contributed by atoms with van der Waals surface area (Å²) in [5.74, 6) is 0.473. The Labute approximate surface area is 161 Å². The van der Waals surface area contributed by atoms with Crippen LogP contribution in [0.2, 0.25) is 0 Å². The van der Waals surface area contributed by atoms with Crippen LogP contribution >= 0.6 is 0 Å². The summed E-state index contributed by atoms with van der Waals surface area (Å²) in [6.07, 6.45) is 6.37. The number of carbonyl (C=O) groups is 1. The van der Waals surface area contributed by atoms with Crippen molar-refractivity contribution < 1.29 is 13.2 Å². The molecule has 1 aliphatic carbocycles. The zero-order valence-electron chi connectivity index (χ0n) is 15.5. The predicted molar refractivity (Wildman–Crippen MR) is 106 cm³/mol. The van der Waals surface area contributed by atoms with Gasteiger partial charge in [-0.3, -0.25) is 4.79 Å². The number of carbonyl (C=O) groups excluding carboxylic acids is 1. The fourth-order valence-corrected chi connectivity index (χ4v) is 4.17. The maximum absolute atomic E-state index is 12.5. The van der Waals surface area contributed by atoms with Gasteiger partial charge in [-0.25, -0.2) is 13.6 Å². The van der Waals surface area contributed by atoms with Crippen molar-refractivity contribution in [1.82, 2.24) is 5.32 Å². The first kappa shape index (κ1) is 19.6. The third-order valence-electron chi connectivity index (χ3n) is 5.31. The van der Waals surface area contributed by atoms with Crippen LogP contribution < -0.4 is 10.5 Å². The normalized spacial score (nSPS) is 16.7. The number of primary sulfonamides is 1. The first-order chi connectivity index (χ1) is 12.8. The van der Waals surface area contributed by atoms with Crippen LogP contribution in [0.1, 0.15) is 72.5 Å². The van der Waals surface area contributed by atoms with E-state index in [0.29, 0.717) is 11.5 Å². The lowest BCUT2D eigenvalue weighted by atomic mass is 9.84. The summed E-state index contributed by atoms with van der Waals surface area (Å²) in [6, 6.07) is 13.9. The highest BCUT2D eigenvalue weighted by atomic mass is 32.2. The number of benzene rings is 2. The van der Waals surface area contributed by atoms with Crippen LogP contribution in [-0.2, 0) is 10.0 Å². The number of amides is 1. The molecule has 2 aromatic carbocycles. The summed E-state index contributed by atoms with van der Waals surface area (Å²) in [6.45, 7) is 1.86. The molecule has 5 nitrogen and oxygen atoms in total. The highest BCUT2D eigenvalue weighted by Crippen LogP contribution is 2.32. The second-order valence-electron chi connectivity index (χ2n) is 7.27. The van der Waals surface area contributed by atoms with Crippen molar-refractivity contribution in [2.75, 3.05) is 0 Å². The Kier molecular flexibility index (Phi) is 5.97. The Morgan fingerprint density at radius 3 is 2.15 bits per heavy atom. The van der Waals surface area contributed by atoms with Gasteiger partial charge in [0.05, 0.1) is 10.9 Å². The Morgan fingerprint density at radius 2 is 1.59 bits per heavy atom. The van der Waals surface area contributed by atoms with Gasteiger partial charge in [0.25, 0.3) is 5.91 Å². The van der Waals surface area contributed by atoms with Crippen LogP contribution in [0, 0.1) is 0 Å². The second kappa shape index (κ2) is 8.23. The maximum Gasteiger partial charge on any atom is 0.251 e. The van der Waals surface area contributed by atoms with E-state index < -0.39 is 10.0 Å². The van der Waals surface area contributed by atoms with E-state index in [1.165, 1.54) is 49.8 Å². The summed E-state index contributed by atoms with van der Waals surface area (Å²) < 4.78 is 22.7. The molecule has 1 unspecified atom stereocenters. The van der Waals surface area contributed by atoms with Crippen molar-refractivity contribution in [2.45, 2.75) is 55.9 Å². The van der Waals surface area contributed by atoms with E-state index in [-0.39, 0.29) is 16.8 Å². The minimum absolute atomic E-state index is 0.0584. The quantitative estimate of drug-likeness (QED) is 0.817. The molecule has 0 radical (unpaired) electrons. The van der Waals surface area contributed by atoms with Crippen LogP contribution in [0.25, 0.3) is 0 Å². The molecule has 3 N–H and O–H groups in total. The molecule has 0 spiro atoms. The monoisotopic (exact) mass is 386 g/mol. The smallest absolute Gasteiger partial charge is 0.251 e. The molecular formula is C21H26N2O3S. The molecule has 3 rings (SSSR count). The molecule has 1 amide bonds. The van der Waals surface area contributed by atoms with Gasteiger partial charge in [-0.1, -0.05) is 43.5 Å². The van der Waals surface area contributed by atoms with Crippen LogP contribution in [0.15, 0.2) is 53.4 Å². The fraction of sp³-hybridized carbons (Fsp3) is 0.381. The zero-order valence-corrected chi connectivity index (χ0v) is 16.3. The molecule has 1 saturated carbocycles. The topological polar surface area (TPSA) is 89.3 Å². The molecule has 0 aliphatic heterocycles. The average Bonchev–Trinajstić information content (AvgIpc) is 2.68. The Balaban J connectivity index is 1.64. The third-order valence-corrected chi connectivity index (χ3v) is 6.23. The van der Waals surface area contributed by atoms with Gasteiger partial charge in [-0.2, -0.15) is 0 Å². The predicted octanol–water partition coefficient (Wildman–Crippen LogP) is 3.87. The van der Waals surface area contributed by atoms with E-state index in [2.05, 4.69) is 17.4 Å². The van der Waals surface area contributed by atoms with Crippen molar-refractivity contribution in [2.24, 2.45) is 5.14 Å². The first-order valence-corrected chi connectivity index (χ1v) is 10.9. The molecule has 1 aliphatic rings. The van der Waals surface area contributed by atoms with Gasteiger partial charge >= 0.3 is 0 Å². The van der Waals surface area contributed by atoms with Crippen molar-refractivity contribution in [3.8, 4) is 0 Å². The van der Waals surface area contributed by atoms with Gasteiger partial charge in [0, 0.05) is 5.56 Å². The van der Waals surface area contributed by atoms with Crippen molar-refractivity contribution >= 4 is 15.9 Å². The number of nitrogens with two attached hydrogens (primary N) is 1. The number of hydrogen-bond donors (Lipinski definition) is 2. The van der Waals surface area contributed by atoms with Crippen molar-refractivity contribution in [3.05, 3.63) is 65.2 Å². The summed E-state index contributed by atoms with van der Waals surface area (Å²) in [7, 11) is -3.71. The van der Waals surface area contributed by atoms with Gasteiger partial charge in [-0.15, -0.1) is 0 Å². The van der Waals surface area contributed by atoms with Gasteiger partial charge < -0.3 is 5.32 Å². The summed E-state index contributed by atoms with van der Waals surface area (Å²) >= 11 is 0. The van der Waals surface area contributed by atoms with E-state index >= 15 is 0 Å². The molecule has 6 heteroatoms. The first-order valence-electron chi connectivity index (χ1n) is 9.38. The van der Waals surface area contributed by atoms with Crippen LogP contribution in [0.5, 0.6) is 0 Å². The molecule has 0 saturated heterocycles. The Bertz CT molecular complexity index is 884. The second-order valence-corrected chi connectivity index (χ2v) is 8.83. The fourth-order valence-electron chi connectivity index (χ4n) is 3.65. The molecule has 0 aromatic heterocycles. The van der Waals surface area contributed by atoms with Crippen molar-refractivity contribution in [3.63, 3.8) is 0 Å². The summed E-state index contributed by atoms with van der Waals surface area (Å²) in [5.41, 5.74) is 2.76. The number of nitrogens with one attached hydrogen (secondary N) is 1. The highest BCUT2D eigenvalue weighted by Gasteiger charge is 2.17. The minimum atomic E-state index is -3.71. The lowest BCUT2D eigenvalue weighted by Gasteiger charge is -2.22. The van der Waals surface area contributed by atoms with E-state index in [9.17, 15) is 13.2 Å². The summed E-state index contributed by atoms with van der Waals surface area (Å²) in [4.78, 5) is 12.6. The Hall–Kier alpha value is -2.18. The minimum Gasteiger partial charge on any atom is -0.346 e. The third kappa shape index (κ3) is 4.96. The van der Waals surface area contributed by atoms with E-state index in [0.717, 1.165) is 5.56 Å². The molecular weight excluding hydrogens is 360 g/mol. The number of hydrogen-bond acceptors (Lipinski definition) is 3. The lowest BCUT2D eigenvalue weighted by molar-refractivity contribution is 0.0940. The van der Waals surface area contributed by atoms with Crippen LogP contribution in [0.4, 0.5) is 0 Å². The maximum atomic E-state index is 12.5. The van der Waals surface area contributed by atoms with E-state index in [4.69, 9.17) is 5.14 Å². The molecule has 27 heavy (non-hydrogen) atoms. The standard InChI is InChI=1S/C21H26N2O3S/c1-15(16-11-13-20(14-12-16)27(22,25)26)23-21(24)19-9-7-18(8-10-19)17-5-3-2-4-6-17/h7-15,17H,2-6H2,1H3,(H,23,24)(H2,22,25,26). The van der Waals surface area contributed by atoms with Gasteiger partial charge in [0.15, 0.2) is 0 Å². The zero-order chi connectivity index (χ0) is 19.4. The Morgan fingerprint density at radius 1 is 1.00 bits per heavy atom. The lowest BCUT2D eigenvalue weighted by Crippen LogP contribution is -2.26. The molecule has 2 aromatic rings. The number of rotatable bonds is 5. The van der Waals surface area contributed by atoms with Crippen molar-refractivity contribution in [1.29, 1.82) is 0 Å². The SMILES string of the molecule is CC(NC(=O)c1ccc(C2CCCCC2)cc1)c1ccc(S(N)(=O)=O)cc1. The largest absolute Gasteiger partial charge is 0.346 e. The molecule has 1 fully saturated rings.